The number of hydrogen-bond acceptors (Lipinski definition) is 8. The van der Waals surface area contributed by atoms with Gasteiger partial charge >= 0.3 is 0 Å². The average Bonchev–Trinajstić information content (AvgIpc) is 3.22. The third-order valence-electron chi connectivity index (χ3n) is 4.86. The van der Waals surface area contributed by atoms with Crippen molar-refractivity contribution >= 4 is 45.1 Å². The number of anilines is 4. The normalized spacial score (nSPS) is 12.0. The maximum atomic E-state index is 4.68. The number of benzene rings is 2. The zero-order valence-corrected chi connectivity index (χ0v) is 18.4. The Balaban J connectivity index is 1.58. The Morgan fingerprint density at radius 3 is 2.50 bits per heavy atom. The quantitative estimate of drug-likeness (QED) is 0.472. The minimum Gasteiger partial charge on any atom is -0.347 e. The number of nitrogens with zero attached hydrogens (tertiary/aromatic N) is 6. The van der Waals surface area contributed by atoms with E-state index in [9.17, 15) is 0 Å². The summed E-state index contributed by atoms with van der Waals surface area (Å²) in [6, 6.07) is 16.5. The van der Waals surface area contributed by atoms with Gasteiger partial charge in [-0.25, -0.2) is 4.98 Å². The van der Waals surface area contributed by atoms with E-state index >= 15 is 0 Å². The third-order valence-corrected chi connectivity index (χ3v) is 5.65. The molecular weight excluding hydrogens is 394 g/mol. The molecule has 30 heavy (non-hydrogen) atoms. The fourth-order valence-electron chi connectivity index (χ4n) is 3.22. The summed E-state index contributed by atoms with van der Waals surface area (Å²) in [6.07, 6.45) is 0. The second-order valence-corrected chi connectivity index (χ2v) is 8.39. The van der Waals surface area contributed by atoms with Crippen molar-refractivity contribution in [3.63, 3.8) is 0 Å². The van der Waals surface area contributed by atoms with Gasteiger partial charge in [-0.15, -0.1) is 11.3 Å². The van der Waals surface area contributed by atoms with Crippen molar-refractivity contribution in [2.24, 2.45) is 0 Å². The molecule has 0 aliphatic rings. The number of hydrogen-bond donors (Lipinski definition) is 1. The summed E-state index contributed by atoms with van der Waals surface area (Å²) in [7, 11) is 5.87. The summed E-state index contributed by atoms with van der Waals surface area (Å²) < 4.78 is 1.12. The van der Waals surface area contributed by atoms with E-state index in [0.717, 1.165) is 22.4 Å². The van der Waals surface area contributed by atoms with Crippen molar-refractivity contribution in [1.29, 1.82) is 0 Å². The molecule has 7 nitrogen and oxygen atoms in total. The minimum atomic E-state index is 0.348. The molecule has 0 bridgehead atoms. The molecule has 4 rings (SSSR count). The lowest BCUT2D eigenvalue weighted by molar-refractivity contribution is 0.716. The lowest BCUT2D eigenvalue weighted by atomic mass is 10.0. The van der Waals surface area contributed by atoms with Crippen molar-refractivity contribution in [3.8, 4) is 0 Å². The van der Waals surface area contributed by atoms with Gasteiger partial charge in [0, 0.05) is 33.4 Å². The van der Waals surface area contributed by atoms with E-state index < -0.39 is 0 Å². The molecule has 0 saturated carbocycles. The van der Waals surface area contributed by atoms with Crippen LogP contribution in [0.15, 0.2) is 54.0 Å². The van der Waals surface area contributed by atoms with Crippen LogP contribution in [0.1, 0.15) is 18.4 Å². The number of fused-ring (bicyclic) bond motifs is 1. The minimum absolute atomic E-state index is 0.348. The highest BCUT2D eigenvalue weighted by molar-refractivity contribution is 7.16. The topological polar surface area (TPSA) is 70.1 Å². The molecule has 0 saturated heterocycles. The van der Waals surface area contributed by atoms with Crippen LogP contribution in [0.4, 0.5) is 23.5 Å². The van der Waals surface area contributed by atoms with Crippen LogP contribution < -0.4 is 15.1 Å². The van der Waals surface area contributed by atoms with Crippen LogP contribution in [0, 0.1) is 0 Å². The van der Waals surface area contributed by atoms with Gasteiger partial charge in [-0.2, -0.15) is 15.0 Å². The molecular formula is C22H25N7S. The van der Waals surface area contributed by atoms with Crippen LogP contribution in [-0.2, 0) is 0 Å². The Morgan fingerprint density at radius 1 is 0.967 bits per heavy atom. The van der Waals surface area contributed by atoms with Crippen LogP contribution in [0.3, 0.4) is 0 Å². The highest BCUT2D eigenvalue weighted by Crippen LogP contribution is 2.25. The zero-order chi connectivity index (χ0) is 21.1. The first-order valence-corrected chi connectivity index (χ1v) is 10.7. The summed E-state index contributed by atoms with van der Waals surface area (Å²) in [5, 5.41) is 3.32. The molecule has 1 atom stereocenters. The Morgan fingerprint density at radius 2 is 1.73 bits per heavy atom. The van der Waals surface area contributed by atoms with E-state index in [4.69, 9.17) is 0 Å². The first-order valence-electron chi connectivity index (χ1n) is 9.79. The molecule has 0 aliphatic carbocycles. The Bertz CT molecular complexity index is 1130. The zero-order valence-electron chi connectivity index (χ0n) is 17.6. The van der Waals surface area contributed by atoms with Gasteiger partial charge < -0.3 is 15.1 Å². The van der Waals surface area contributed by atoms with Crippen molar-refractivity contribution in [1.82, 2.24) is 19.9 Å². The second kappa shape index (κ2) is 8.62. The molecule has 2 aromatic carbocycles. The van der Waals surface area contributed by atoms with E-state index in [0.29, 0.717) is 23.8 Å². The van der Waals surface area contributed by atoms with Crippen LogP contribution in [0.25, 0.3) is 10.2 Å². The highest BCUT2D eigenvalue weighted by atomic mass is 32.1. The standard InChI is InChI=1S/C22H25N7S/c1-15(16-8-6-5-7-9-16)13-29(4)22-26-20(25-21(27-22)28(2)3)24-17-10-11-18-19(12-17)30-14-23-18/h5-12,14-15H,13H2,1-4H3,(H,24,25,26,27). The Kier molecular flexibility index (Phi) is 5.76. The molecule has 2 aromatic heterocycles. The summed E-state index contributed by atoms with van der Waals surface area (Å²) in [6.45, 7) is 3.01. The van der Waals surface area contributed by atoms with Crippen LogP contribution >= 0.6 is 11.3 Å². The number of aromatic nitrogens is 4. The van der Waals surface area contributed by atoms with Gasteiger partial charge in [0.2, 0.25) is 17.8 Å². The number of rotatable bonds is 7. The molecule has 0 spiro atoms. The van der Waals surface area contributed by atoms with Gasteiger partial charge in [0.05, 0.1) is 15.7 Å². The number of likely N-dealkylation sites (N-methyl/N-ethyl adjacent to an activating group) is 1. The highest BCUT2D eigenvalue weighted by Gasteiger charge is 2.15. The predicted molar refractivity (Wildman–Crippen MR) is 125 cm³/mol. The predicted octanol–water partition coefficient (Wildman–Crippen LogP) is 4.53. The Hall–Kier alpha value is -3.26. The van der Waals surface area contributed by atoms with Crippen LogP contribution in [0.2, 0.25) is 0 Å². The fraction of sp³-hybridized carbons (Fsp3) is 0.273. The first-order chi connectivity index (χ1) is 14.5. The molecule has 0 fully saturated rings. The van der Waals surface area contributed by atoms with Crippen LogP contribution in [-0.4, -0.2) is 47.6 Å². The molecule has 154 valence electrons. The monoisotopic (exact) mass is 419 g/mol. The molecule has 0 amide bonds. The molecule has 0 aliphatic heterocycles. The molecule has 1 N–H and O–H groups in total. The van der Waals surface area contributed by atoms with Crippen molar-refractivity contribution < 1.29 is 0 Å². The van der Waals surface area contributed by atoms with E-state index in [1.54, 1.807) is 11.3 Å². The smallest absolute Gasteiger partial charge is 0.233 e. The van der Waals surface area contributed by atoms with Crippen molar-refractivity contribution in [3.05, 3.63) is 59.6 Å². The lowest BCUT2D eigenvalue weighted by Gasteiger charge is -2.23. The number of thiazole rings is 1. The van der Waals surface area contributed by atoms with E-state index in [2.05, 4.69) is 67.4 Å². The van der Waals surface area contributed by atoms with E-state index in [-0.39, 0.29) is 0 Å². The molecule has 8 heteroatoms. The van der Waals surface area contributed by atoms with Gasteiger partial charge in [0.1, 0.15) is 0 Å². The summed E-state index contributed by atoms with van der Waals surface area (Å²) >= 11 is 1.61. The molecule has 2 heterocycles. The number of nitrogens with one attached hydrogen (secondary N) is 1. The fourth-order valence-corrected chi connectivity index (χ4v) is 3.94. The maximum absolute atomic E-state index is 4.68. The summed E-state index contributed by atoms with van der Waals surface area (Å²) in [5.74, 6) is 2.12. The molecule has 4 aromatic rings. The van der Waals surface area contributed by atoms with Gasteiger partial charge in [0.25, 0.3) is 0 Å². The molecule has 0 radical (unpaired) electrons. The summed E-state index contributed by atoms with van der Waals surface area (Å²) in [5.41, 5.74) is 5.06. The second-order valence-electron chi connectivity index (χ2n) is 7.51. The molecule has 1 unspecified atom stereocenters. The Labute approximate surface area is 180 Å². The maximum Gasteiger partial charge on any atom is 0.233 e. The third kappa shape index (κ3) is 4.49. The van der Waals surface area contributed by atoms with Gasteiger partial charge in [-0.3, -0.25) is 0 Å². The SMILES string of the molecule is CC(CN(C)c1nc(Nc2ccc3ncsc3c2)nc(N(C)C)n1)c1ccccc1. The average molecular weight is 420 g/mol. The first kappa shape index (κ1) is 20.0. The van der Waals surface area contributed by atoms with E-state index in [1.807, 2.05) is 49.8 Å². The van der Waals surface area contributed by atoms with Gasteiger partial charge in [-0.1, -0.05) is 37.3 Å². The lowest BCUT2D eigenvalue weighted by Crippen LogP contribution is -2.26. The van der Waals surface area contributed by atoms with Gasteiger partial charge in [-0.05, 0) is 29.7 Å². The van der Waals surface area contributed by atoms with Crippen LogP contribution in [0.5, 0.6) is 0 Å². The van der Waals surface area contributed by atoms with Crippen molar-refractivity contribution in [2.45, 2.75) is 12.8 Å². The van der Waals surface area contributed by atoms with Crippen molar-refractivity contribution in [2.75, 3.05) is 42.8 Å². The van der Waals surface area contributed by atoms with Gasteiger partial charge in [0.15, 0.2) is 0 Å². The largest absolute Gasteiger partial charge is 0.347 e. The summed E-state index contributed by atoms with van der Waals surface area (Å²) in [4.78, 5) is 22.2. The van der Waals surface area contributed by atoms with E-state index in [1.165, 1.54) is 5.56 Å².